The molecule has 0 amide bonds. The molecule has 2 aromatic carbocycles. The van der Waals surface area contributed by atoms with E-state index in [2.05, 4.69) is 0 Å². The SMILES string of the molecule is O=c1c(O[C@H]2O[C@H](CO)[C@@H](O)[C@@H](O)[C@H]2O)c(-c2ccc(O)c(O)c2)oc2c(O)c(O)cc(O)c12. The lowest BCUT2D eigenvalue weighted by atomic mass is 9.99. The van der Waals surface area contributed by atoms with Crippen molar-refractivity contribution in [2.75, 3.05) is 6.61 Å². The zero-order chi connectivity index (χ0) is 24.9. The Balaban J connectivity index is 1.95. The number of ether oxygens (including phenoxy) is 2. The van der Waals surface area contributed by atoms with E-state index in [1.54, 1.807) is 0 Å². The lowest BCUT2D eigenvalue weighted by Gasteiger charge is -2.39. The topological polar surface area (TPSA) is 231 Å². The van der Waals surface area contributed by atoms with Crippen molar-refractivity contribution in [2.24, 2.45) is 0 Å². The maximum absolute atomic E-state index is 13.3. The van der Waals surface area contributed by atoms with Gasteiger partial charge in [-0.2, -0.15) is 0 Å². The second-order valence-corrected chi connectivity index (χ2v) is 7.58. The molecule has 13 heteroatoms. The summed E-state index contributed by atoms with van der Waals surface area (Å²) in [6.45, 7) is -0.774. The Hall–Kier alpha value is -3.75. The Labute approximate surface area is 189 Å². The third-order valence-electron chi connectivity index (χ3n) is 5.38. The number of phenols is 5. The fourth-order valence-corrected chi connectivity index (χ4v) is 3.55. The van der Waals surface area contributed by atoms with E-state index in [0.29, 0.717) is 6.07 Å². The van der Waals surface area contributed by atoms with Crippen LogP contribution in [0.4, 0.5) is 0 Å². The van der Waals surface area contributed by atoms with Crippen molar-refractivity contribution in [3.63, 3.8) is 0 Å². The summed E-state index contributed by atoms with van der Waals surface area (Å²) >= 11 is 0. The van der Waals surface area contributed by atoms with Crippen LogP contribution in [0.5, 0.6) is 34.5 Å². The Bertz CT molecular complexity index is 1300. The minimum Gasteiger partial charge on any atom is -0.507 e. The molecule has 0 spiro atoms. The first kappa shape index (κ1) is 23.4. The normalized spacial score (nSPS) is 24.9. The largest absolute Gasteiger partial charge is 0.507 e. The van der Waals surface area contributed by atoms with Crippen LogP contribution in [0.15, 0.2) is 33.5 Å². The molecule has 1 aliphatic heterocycles. The fourth-order valence-electron chi connectivity index (χ4n) is 3.55. The summed E-state index contributed by atoms with van der Waals surface area (Å²) in [6, 6.07) is 3.89. The van der Waals surface area contributed by atoms with Crippen LogP contribution in [0, 0.1) is 0 Å². The molecule has 1 saturated heterocycles. The van der Waals surface area contributed by atoms with E-state index in [0.717, 1.165) is 12.1 Å². The number of hydrogen-bond acceptors (Lipinski definition) is 13. The molecule has 0 aliphatic carbocycles. The Morgan fingerprint density at radius 2 is 1.56 bits per heavy atom. The van der Waals surface area contributed by atoms with Gasteiger partial charge in [0.25, 0.3) is 0 Å². The molecule has 34 heavy (non-hydrogen) atoms. The van der Waals surface area contributed by atoms with Gasteiger partial charge in [-0.25, -0.2) is 0 Å². The predicted octanol–water partition coefficient (Wildman–Crippen LogP) is -0.833. The molecule has 3 aromatic rings. The third-order valence-corrected chi connectivity index (χ3v) is 5.38. The molecule has 1 aliphatic rings. The van der Waals surface area contributed by atoms with E-state index in [1.165, 1.54) is 6.07 Å². The lowest BCUT2D eigenvalue weighted by molar-refractivity contribution is -0.277. The van der Waals surface area contributed by atoms with Gasteiger partial charge in [0.05, 0.1) is 6.61 Å². The molecule has 4 rings (SSSR count). The molecule has 13 nitrogen and oxygen atoms in total. The van der Waals surface area contributed by atoms with Gasteiger partial charge in [-0.05, 0) is 18.2 Å². The predicted molar refractivity (Wildman–Crippen MR) is 111 cm³/mol. The number of aliphatic hydroxyl groups is 4. The van der Waals surface area contributed by atoms with Gasteiger partial charge in [0.15, 0.2) is 28.6 Å². The van der Waals surface area contributed by atoms with Crippen LogP contribution in [0.25, 0.3) is 22.3 Å². The number of aromatic hydroxyl groups is 5. The second-order valence-electron chi connectivity index (χ2n) is 7.58. The maximum atomic E-state index is 13.3. The molecular weight excluding hydrogens is 460 g/mol. The zero-order valence-electron chi connectivity index (χ0n) is 17.1. The average molecular weight is 480 g/mol. The minimum atomic E-state index is -1.91. The smallest absolute Gasteiger partial charge is 0.239 e. The standard InChI is InChI=1S/C21H20O13/c22-5-11-14(28)16(30)17(31)21(32-11)34-20-15(29)12-9(25)4-10(26)13(27)19(12)33-18(20)6-1-2-7(23)8(24)3-6/h1-4,11,14,16-17,21-28,30-31H,5H2/t11-,14-,16-,17-,21-/m1/s1. The van der Waals surface area contributed by atoms with Gasteiger partial charge in [-0.1, -0.05) is 0 Å². The monoisotopic (exact) mass is 480 g/mol. The molecule has 1 fully saturated rings. The van der Waals surface area contributed by atoms with Crippen LogP contribution in [0.1, 0.15) is 0 Å². The third kappa shape index (κ3) is 3.70. The number of hydrogen-bond donors (Lipinski definition) is 9. The Morgan fingerprint density at radius 3 is 2.21 bits per heavy atom. The van der Waals surface area contributed by atoms with Gasteiger partial charge in [0.2, 0.25) is 23.2 Å². The first-order chi connectivity index (χ1) is 16.0. The average Bonchev–Trinajstić information content (AvgIpc) is 2.80. The van der Waals surface area contributed by atoms with Crippen LogP contribution in [-0.4, -0.2) is 83.3 Å². The van der Waals surface area contributed by atoms with Crippen molar-refractivity contribution in [3.8, 4) is 45.8 Å². The first-order valence-electron chi connectivity index (χ1n) is 9.79. The molecule has 182 valence electrons. The molecule has 1 aromatic heterocycles. The molecule has 0 saturated carbocycles. The summed E-state index contributed by atoms with van der Waals surface area (Å²) in [7, 11) is 0. The van der Waals surface area contributed by atoms with Gasteiger partial charge < -0.3 is 59.8 Å². The van der Waals surface area contributed by atoms with Gasteiger partial charge in [0.1, 0.15) is 35.6 Å². The lowest BCUT2D eigenvalue weighted by Crippen LogP contribution is -2.60. The summed E-state index contributed by atoms with van der Waals surface area (Å²) in [5, 5.41) is 88.7. The van der Waals surface area contributed by atoms with E-state index in [-0.39, 0.29) is 5.56 Å². The molecule has 0 unspecified atom stereocenters. The highest BCUT2D eigenvalue weighted by Crippen LogP contribution is 2.43. The second kappa shape index (κ2) is 8.55. The fraction of sp³-hybridized carbons (Fsp3) is 0.286. The summed E-state index contributed by atoms with van der Waals surface area (Å²) in [4.78, 5) is 13.3. The molecular formula is C21H20O13. The molecule has 5 atom stereocenters. The minimum absolute atomic E-state index is 0.0869. The van der Waals surface area contributed by atoms with E-state index < -0.39 is 94.0 Å². The molecule has 9 N–H and O–H groups in total. The highest BCUT2D eigenvalue weighted by Gasteiger charge is 2.45. The maximum Gasteiger partial charge on any atom is 0.239 e. The van der Waals surface area contributed by atoms with Gasteiger partial charge in [-0.3, -0.25) is 4.79 Å². The van der Waals surface area contributed by atoms with Crippen molar-refractivity contribution >= 4 is 11.0 Å². The number of benzene rings is 2. The number of aliphatic hydroxyl groups excluding tert-OH is 4. The summed E-state index contributed by atoms with van der Waals surface area (Å²) in [6.07, 6.45) is -8.64. The highest BCUT2D eigenvalue weighted by molar-refractivity contribution is 5.93. The zero-order valence-corrected chi connectivity index (χ0v) is 17.1. The summed E-state index contributed by atoms with van der Waals surface area (Å²) in [5.74, 6) is -4.86. The summed E-state index contributed by atoms with van der Waals surface area (Å²) < 4.78 is 16.3. The summed E-state index contributed by atoms with van der Waals surface area (Å²) in [5.41, 5.74) is -1.85. The van der Waals surface area contributed by atoms with Crippen molar-refractivity contribution in [1.82, 2.24) is 0 Å². The van der Waals surface area contributed by atoms with Gasteiger partial charge in [-0.15, -0.1) is 0 Å². The van der Waals surface area contributed by atoms with Crippen LogP contribution >= 0.6 is 0 Å². The quantitative estimate of drug-likeness (QED) is 0.164. The molecule has 2 heterocycles. The molecule has 0 radical (unpaired) electrons. The number of rotatable bonds is 4. The van der Waals surface area contributed by atoms with Crippen LogP contribution in [0.2, 0.25) is 0 Å². The first-order valence-corrected chi connectivity index (χ1v) is 9.79. The van der Waals surface area contributed by atoms with Gasteiger partial charge in [0, 0.05) is 11.6 Å². The molecule has 0 bridgehead atoms. The van der Waals surface area contributed by atoms with E-state index >= 15 is 0 Å². The van der Waals surface area contributed by atoms with Crippen molar-refractivity contribution in [2.45, 2.75) is 30.7 Å². The van der Waals surface area contributed by atoms with Crippen LogP contribution < -0.4 is 10.2 Å². The highest BCUT2D eigenvalue weighted by atomic mass is 16.7. The number of fused-ring (bicyclic) bond motifs is 1. The van der Waals surface area contributed by atoms with Crippen LogP contribution in [0.3, 0.4) is 0 Å². The van der Waals surface area contributed by atoms with E-state index in [4.69, 9.17) is 13.9 Å². The Kier molecular flexibility index (Phi) is 5.89. The van der Waals surface area contributed by atoms with Crippen molar-refractivity contribution < 1.29 is 59.8 Å². The van der Waals surface area contributed by atoms with Crippen molar-refractivity contribution in [3.05, 3.63) is 34.5 Å². The van der Waals surface area contributed by atoms with Gasteiger partial charge >= 0.3 is 0 Å². The number of phenolic OH excluding ortho intramolecular Hbond substituents is 5. The van der Waals surface area contributed by atoms with E-state index in [9.17, 15) is 50.8 Å². The van der Waals surface area contributed by atoms with Crippen molar-refractivity contribution in [1.29, 1.82) is 0 Å². The Morgan fingerprint density at radius 1 is 0.853 bits per heavy atom. The van der Waals surface area contributed by atoms with E-state index in [1.807, 2.05) is 0 Å². The van der Waals surface area contributed by atoms with Crippen LogP contribution in [-0.2, 0) is 4.74 Å².